The topological polar surface area (TPSA) is 20.3 Å². The molecule has 0 aromatic carbocycles. The highest BCUT2D eigenvalue weighted by atomic mass is 35.5. The van der Waals surface area contributed by atoms with Crippen LogP contribution in [0.4, 0.5) is 0 Å². The zero-order chi connectivity index (χ0) is 13.8. The van der Waals surface area contributed by atoms with Gasteiger partial charge in [-0.05, 0) is 26.7 Å². The predicted molar refractivity (Wildman–Crippen MR) is 80.2 cm³/mol. The molecule has 0 N–H and O–H groups in total. The van der Waals surface area contributed by atoms with Crippen LogP contribution in [-0.4, -0.2) is 29.3 Å². The van der Waals surface area contributed by atoms with Gasteiger partial charge in [-0.3, -0.25) is 4.79 Å². The third-order valence-corrected chi connectivity index (χ3v) is 3.49. The number of carbonyl (C=O) groups excluding carboxylic acids is 1. The highest BCUT2D eigenvalue weighted by Crippen LogP contribution is 2.10. The molecule has 0 saturated carbocycles. The SMILES string of the molecule is CCCCCCCCC(=O)N(CCCCl)C(C)C. The van der Waals surface area contributed by atoms with Crippen molar-refractivity contribution in [3.8, 4) is 0 Å². The summed E-state index contributed by atoms with van der Waals surface area (Å²) in [6, 6.07) is 0.292. The van der Waals surface area contributed by atoms with Crippen LogP contribution in [0.3, 0.4) is 0 Å². The number of hydrogen-bond donors (Lipinski definition) is 0. The van der Waals surface area contributed by atoms with Crippen molar-refractivity contribution in [1.29, 1.82) is 0 Å². The van der Waals surface area contributed by atoms with Gasteiger partial charge in [0.1, 0.15) is 0 Å². The van der Waals surface area contributed by atoms with Crippen LogP contribution in [0.5, 0.6) is 0 Å². The molecule has 0 atom stereocenters. The molecule has 0 unspecified atom stereocenters. The van der Waals surface area contributed by atoms with Crippen LogP contribution in [0, 0.1) is 0 Å². The number of unbranched alkanes of at least 4 members (excludes halogenated alkanes) is 5. The summed E-state index contributed by atoms with van der Waals surface area (Å²) < 4.78 is 0. The van der Waals surface area contributed by atoms with Crippen molar-refractivity contribution in [3.63, 3.8) is 0 Å². The van der Waals surface area contributed by atoms with E-state index in [-0.39, 0.29) is 0 Å². The van der Waals surface area contributed by atoms with E-state index in [1.165, 1.54) is 32.1 Å². The van der Waals surface area contributed by atoms with Crippen LogP contribution in [0.1, 0.15) is 72.1 Å². The Labute approximate surface area is 118 Å². The summed E-state index contributed by atoms with van der Waals surface area (Å²) in [5.74, 6) is 0.929. The maximum Gasteiger partial charge on any atom is 0.222 e. The summed E-state index contributed by atoms with van der Waals surface area (Å²) in [6.07, 6.45) is 8.99. The van der Waals surface area contributed by atoms with Gasteiger partial charge in [0.15, 0.2) is 0 Å². The fourth-order valence-corrected chi connectivity index (χ4v) is 2.22. The Kier molecular flexibility index (Phi) is 11.7. The van der Waals surface area contributed by atoms with Crippen molar-refractivity contribution in [2.75, 3.05) is 12.4 Å². The van der Waals surface area contributed by atoms with Crippen LogP contribution >= 0.6 is 11.6 Å². The molecule has 0 aliphatic carbocycles. The minimum atomic E-state index is 0.292. The lowest BCUT2D eigenvalue weighted by Gasteiger charge is -2.26. The predicted octanol–water partition coefficient (Wildman–Crippen LogP) is 4.60. The molecular formula is C15H30ClNO. The lowest BCUT2D eigenvalue weighted by Crippen LogP contribution is -2.37. The Morgan fingerprint density at radius 2 is 1.67 bits per heavy atom. The second kappa shape index (κ2) is 11.8. The number of halogens is 1. The summed E-state index contributed by atoms with van der Waals surface area (Å²) in [6.45, 7) is 7.18. The summed E-state index contributed by atoms with van der Waals surface area (Å²) in [4.78, 5) is 14.0. The Balaban J connectivity index is 3.75. The summed E-state index contributed by atoms with van der Waals surface area (Å²) >= 11 is 5.69. The van der Waals surface area contributed by atoms with Crippen molar-refractivity contribution in [2.24, 2.45) is 0 Å². The third kappa shape index (κ3) is 8.79. The molecule has 0 fully saturated rings. The van der Waals surface area contributed by atoms with Gasteiger partial charge in [-0.2, -0.15) is 0 Å². The van der Waals surface area contributed by atoms with Gasteiger partial charge >= 0.3 is 0 Å². The molecule has 0 aliphatic rings. The van der Waals surface area contributed by atoms with Crippen LogP contribution in [0.2, 0.25) is 0 Å². The fourth-order valence-electron chi connectivity index (χ4n) is 2.10. The van der Waals surface area contributed by atoms with Crippen molar-refractivity contribution in [1.82, 2.24) is 4.90 Å². The first-order chi connectivity index (χ1) is 8.63. The van der Waals surface area contributed by atoms with Gasteiger partial charge in [-0.25, -0.2) is 0 Å². The average Bonchev–Trinajstić information content (AvgIpc) is 2.33. The zero-order valence-electron chi connectivity index (χ0n) is 12.4. The number of hydrogen-bond acceptors (Lipinski definition) is 1. The van der Waals surface area contributed by atoms with E-state index in [1.807, 2.05) is 4.90 Å². The van der Waals surface area contributed by atoms with Gasteiger partial charge in [-0.1, -0.05) is 39.0 Å². The number of carbonyl (C=O) groups is 1. The average molecular weight is 276 g/mol. The molecule has 1 amide bonds. The minimum absolute atomic E-state index is 0.292. The minimum Gasteiger partial charge on any atom is -0.340 e. The number of nitrogens with zero attached hydrogens (tertiary/aromatic N) is 1. The second-order valence-electron chi connectivity index (χ2n) is 5.24. The summed E-state index contributed by atoms with van der Waals surface area (Å²) in [5.41, 5.74) is 0. The monoisotopic (exact) mass is 275 g/mol. The zero-order valence-corrected chi connectivity index (χ0v) is 13.1. The first-order valence-electron chi connectivity index (χ1n) is 7.48. The lowest BCUT2D eigenvalue weighted by molar-refractivity contribution is -0.133. The number of alkyl halides is 1. The molecule has 0 radical (unpaired) electrons. The van der Waals surface area contributed by atoms with Gasteiger partial charge in [0.25, 0.3) is 0 Å². The fraction of sp³-hybridized carbons (Fsp3) is 0.933. The standard InChI is InChI=1S/C15H30ClNO/c1-4-5-6-7-8-9-11-15(18)17(14(2)3)13-10-12-16/h14H,4-13H2,1-3H3. The molecular weight excluding hydrogens is 246 g/mol. The van der Waals surface area contributed by atoms with Gasteiger partial charge in [0.05, 0.1) is 0 Å². The van der Waals surface area contributed by atoms with Gasteiger partial charge < -0.3 is 4.90 Å². The molecule has 18 heavy (non-hydrogen) atoms. The molecule has 0 heterocycles. The van der Waals surface area contributed by atoms with Crippen LogP contribution in [0.25, 0.3) is 0 Å². The largest absolute Gasteiger partial charge is 0.340 e. The maximum atomic E-state index is 12.1. The van der Waals surface area contributed by atoms with Crippen molar-refractivity contribution in [3.05, 3.63) is 0 Å². The number of rotatable bonds is 11. The number of amides is 1. The van der Waals surface area contributed by atoms with Crippen LogP contribution < -0.4 is 0 Å². The second-order valence-corrected chi connectivity index (χ2v) is 5.62. The molecule has 0 rings (SSSR count). The molecule has 0 saturated heterocycles. The van der Waals surface area contributed by atoms with E-state index >= 15 is 0 Å². The molecule has 108 valence electrons. The Hall–Kier alpha value is -0.240. The van der Waals surface area contributed by atoms with E-state index in [0.717, 1.165) is 19.4 Å². The van der Waals surface area contributed by atoms with E-state index in [2.05, 4.69) is 20.8 Å². The van der Waals surface area contributed by atoms with E-state index in [0.29, 0.717) is 24.2 Å². The molecule has 0 aromatic heterocycles. The highest BCUT2D eigenvalue weighted by Gasteiger charge is 2.15. The first-order valence-corrected chi connectivity index (χ1v) is 8.02. The van der Waals surface area contributed by atoms with E-state index in [9.17, 15) is 4.79 Å². The molecule has 0 bridgehead atoms. The van der Waals surface area contributed by atoms with E-state index in [1.54, 1.807) is 0 Å². The van der Waals surface area contributed by atoms with E-state index < -0.39 is 0 Å². The van der Waals surface area contributed by atoms with E-state index in [4.69, 9.17) is 11.6 Å². The third-order valence-electron chi connectivity index (χ3n) is 3.22. The van der Waals surface area contributed by atoms with Crippen LogP contribution in [0.15, 0.2) is 0 Å². The Morgan fingerprint density at radius 1 is 1.06 bits per heavy atom. The molecule has 0 aliphatic heterocycles. The first kappa shape index (κ1) is 17.8. The summed E-state index contributed by atoms with van der Waals surface area (Å²) in [5, 5.41) is 0. The maximum absolute atomic E-state index is 12.1. The normalized spacial score (nSPS) is 10.9. The van der Waals surface area contributed by atoms with Gasteiger partial charge in [-0.15, -0.1) is 11.6 Å². The molecule has 3 heteroatoms. The molecule has 0 aromatic rings. The highest BCUT2D eigenvalue weighted by molar-refractivity contribution is 6.17. The van der Waals surface area contributed by atoms with Crippen molar-refractivity contribution < 1.29 is 4.79 Å². The smallest absolute Gasteiger partial charge is 0.222 e. The van der Waals surface area contributed by atoms with Crippen molar-refractivity contribution >= 4 is 17.5 Å². The van der Waals surface area contributed by atoms with Gasteiger partial charge in [0, 0.05) is 24.9 Å². The van der Waals surface area contributed by atoms with Gasteiger partial charge in [0.2, 0.25) is 5.91 Å². The Bertz CT molecular complexity index is 207. The van der Waals surface area contributed by atoms with Crippen molar-refractivity contribution in [2.45, 2.75) is 78.2 Å². The van der Waals surface area contributed by atoms with Crippen LogP contribution in [-0.2, 0) is 4.79 Å². The summed E-state index contributed by atoms with van der Waals surface area (Å²) in [7, 11) is 0. The quantitative estimate of drug-likeness (QED) is 0.398. The molecule has 2 nitrogen and oxygen atoms in total. The Morgan fingerprint density at radius 3 is 2.22 bits per heavy atom. The molecule has 0 spiro atoms. The lowest BCUT2D eigenvalue weighted by atomic mass is 10.1.